The number of methoxy groups -OCH3 is 1. The molecular weight excluding hydrogens is 356 g/mol. The first-order valence-electron chi connectivity index (χ1n) is 10.1. The number of aliphatic hydroxyl groups is 1. The summed E-state index contributed by atoms with van der Waals surface area (Å²) in [7, 11) is 1.36. The number of rotatable bonds is 15. The number of ether oxygens (including phenoxy) is 2. The van der Waals surface area contributed by atoms with E-state index in [-0.39, 0.29) is 18.8 Å². The molecule has 156 valence electrons. The summed E-state index contributed by atoms with van der Waals surface area (Å²) in [4.78, 5) is 22.2. The predicted octanol–water partition coefficient (Wildman–Crippen LogP) is 4.41. The summed E-state index contributed by atoms with van der Waals surface area (Å²) < 4.78 is 10.7. The van der Waals surface area contributed by atoms with E-state index < -0.39 is 12.2 Å². The van der Waals surface area contributed by atoms with Crippen LogP contribution in [0, 0.1) is 0 Å². The van der Waals surface area contributed by atoms with Gasteiger partial charge in [0.05, 0.1) is 19.6 Å². The molecule has 0 heterocycles. The second-order valence-corrected chi connectivity index (χ2v) is 7.16. The number of esters is 1. The number of carbonyl (C=O) groups is 2. The normalized spacial score (nSPS) is 12.8. The van der Waals surface area contributed by atoms with Crippen LogP contribution in [0.25, 0.3) is 0 Å². The van der Waals surface area contributed by atoms with Crippen molar-refractivity contribution in [2.45, 2.75) is 76.9 Å². The van der Waals surface area contributed by atoms with E-state index in [0.717, 1.165) is 18.4 Å². The van der Waals surface area contributed by atoms with Gasteiger partial charge in [0.15, 0.2) is 0 Å². The maximum absolute atomic E-state index is 11.4. The van der Waals surface area contributed by atoms with Gasteiger partial charge in [-0.1, -0.05) is 57.7 Å². The smallest absolute Gasteiger partial charge is 0.309 e. The molecule has 5 nitrogen and oxygen atoms in total. The average molecular weight is 391 g/mol. The molecule has 0 aliphatic rings. The highest BCUT2D eigenvalue weighted by Crippen LogP contribution is 2.21. The summed E-state index contributed by atoms with van der Waals surface area (Å²) in [6.07, 6.45) is 7.52. The fraction of sp³-hybridized carbons (Fsp3) is 0.565. The number of hydrogen-bond acceptors (Lipinski definition) is 5. The van der Waals surface area contributed by atoms with Gasteiger partial charge in [-0.05, 0) is 36.1 Å². The van der Waals surface area contributed by atoms with Gasteiger partial charge in [-0.15, -0.1) is 0 Å². The van der Waals surface area contributed by atoms with Gasteiger partial charge in [0.1, 0.15) is 18.1 Å². The van der Waals surface area contributed by atoms with Gasteiger partial charge < -0.3 is 14.6 Å². The molecule has 5 heteroatoms. The summed E-state index contributed by atoms with van der Waals surface area (Å²) in [5, 5.41) is 10.5. The van der Waals surface area contributed by atoms with Gasteiger partial charge in [0.2, 0.25) is 0 Å². The largest absolute Gasteiger partial charge is 0.488 e. The lowest BCUT2D eigenvalue weighted by Crippen LogP contribution is -2.32. The third kappa shape index (κ3) is 9.70. The Morgan fingerprint density at radius 2 is 1.79 bits per heavy atom. The molecule has 2 atom stereocenters. The van der Waals surface area contributed by atoms with Crippen molar-refractivity contribution >= 4 is 12.3 Å². The van der Waals surface area contributed by atoms with Crippen LogP contribution in [0.1, 0.15) is 63.9 Å². The van der Waals surface area contributed by atoms with Crippen molar-refractivity contribution in [2.75, 3.05) is 7.11 Å². The first-order valence-corrected chi connectivity index (χ1v) is 10.1. The fourth-order valence-corrected chi connectivity index (χ4v) is 3.00. The Balaban J connectivity index is 2.65. The molecule has 1 N–H and O–H groups in total. The Bertz CT molecular complexity index is 594. The summed E-state index contributed by atoms with van der Waals surface area (Å²) in [5.74, 6) is 0.331. The number of benzene rings is 1. The van der Waals surface area contributed by atoms with Gasteiger partial charge >= 0.3 is 5.97 Å². The van der Waals surface area contributed by atoms with E-state index in [1.54, 1.807) is 12.1 Å². The van der Waals surface area contributed by atoms with Crippen molar-refractivity contribution in [3.05, 3.63) is 42.0 Å². The van der Waals surface area contributed by atoms with Crippen LogP contribution in [0.3, 0.4) is 0 Å². The van der Waals surface area contributed by atoms with Crippen molar-refractivity contribution in [3.63, 3.8) is 0 Å². The Morgan fingerprint density at radius 1 is 1.14 bits per heavy atom. The lowest BCUT2D eigenvalue weighted by Gasteiger charge is -2.24. The number of unbranched alkanes of at least 4 members (excludes halogenated alkanes) is 5. The van der Waals surface area contributed by atoms with Crippen LogP contribution >= 0.6 is 0 Å². The molecule has 0 saturated heterocycles. The van der Waals surface area contributed by atoms with Crippen molar-refractivity contribution in [2.24, 2.45) is 0 Å². The van der Waals surface area contributed by atoms with Gasteiger partial charge in [0.25, 0.3) is 0 Å². The highest BCUT2D eigenvalue weighted by molar-refractivity contribution is 5.72. The first kappa shape index (κ1) is 23.9. The summed E-state index contributed by atoms with van der Waals surface area (Å²) >= 11 is 0. The van der Waals surface area contributed by atoms with Crippen LogP contribution in [0.2, 0.25) is 0 Å². The molecule has 28 heavy (non-hydrogen) atoms. The van der Waals surface area contributed by atoms with Crippen LogP contribution in [-0.4, -0.2) is 36.7 Å². The van der Waals surface area contributed by atoms with E-state index in [0.29, 0.717) is 24.0 Å². The lowest BCUT2D eigenvalue weighted by molar-refractivity contribution is -0.139. The maximum Gasteiger partial charge on any atom is 0.309 e. The Hall–Kier alpha value is -2.14. The lowest BCUT2D eigenvalue weighted by atomic mass is 9.99. The Kier molecular flexibility index (Phi) is 11.9. The highest BCUT2D eigenvalue weighted by atomic mass is 16.5. The minimum atomic E-state index is -0.789. The fourth-order valence-electron chi connectivity index (χ4n) is 3.00. The molecule has 0 fully saturated rings. The predicted molar refractivity (Wildman–Crippen MR) is 110 cm³/mol. The third-order valence-electron chi connectivity index (χ3n) is 4.70. The van der Waals surface area contributed by atoms with Crippen molar-refractivity contribution < 1.29 is 24.2 Å². The van der Waals surface area contributed by atoms with Crippen LogP contribution in [0.4, 0.5) is 0 Å². The summed E-state index contributed by atoms with van der Waals surface area (Å²) in [6, 6.07) is 7.19. The van der Waals surface area contributed by atoms with E-state index in [4.69, 9.17) is 4.74 Å². The van der Waals surface area contributed by atoms with Crippen molar-refractivity contribution in [1.82, 2.24) is 0 Å². The summed E-state index contributed by atoms with van der Waals surface area (Å²) in [6.45, 7) is 5.84. The van der Waals surface area contributed by atoms with E-state index >= 15 is 0 Å². The second kappa shape index (κ2) is 13.9. The number of aldehydes is 1. The van der Waals surface area contributed by atoms with E-state index in [2.05, 4.69) is 18.2 Å². The monoisotopic (exact) mass is 390 g/mol. The van der Waals surface area contributed by atoms with Crippen LogP contribution < -0.4 is 4.74 Å². The topological polar surface area (TPSA) is 72.8 Å². The van der Waals surface area contributed by atoms with E-state index in [9.17, 15) is 14.7 Å². The van der Waals surface area contributed by atoms with E-state index in [1.165, 1.54) is 32.8 Å². The van der Waals surface area contributed by atoms with Gasteiger partial charge in [0, 0.05) is 6.42 Å². The molecule has 0 spiro atoms. The maximum atomic E-state index is 11.4. The number of aliphatic hydroxyl groups excluding tert-OH is 1. The van der Waals surface area contributed by atoms with E-state index in [1.807, 2.05) is 12.1 Å². The molecule has 2 unspecified atom stereocenters. The first-order chi connectivity index (χ1) is 13.5. The van der Waals surface area contributed by atoms with Crippen molar-refractivity contribution in [3.8, 4) is 5.75 Å². The second-order valence-electron chi connectivity index (χ2n) is 7.16. The highest BCUT2D eigenvalue weighted by Gasteiger charge is 2.21. The quantitative estimate of drug-likeness (QED) is 0.208. The van der Waals surface area contributed by atoms with Gasteiger partial charge in [-0.3, -0.25) is 9.59 Å². The molecule has 1 aromatic rings. The zero-order valence-corrected chi connectivity index (χ0v) is 17.2. The molecule has 0 bridgehead atoms. The summed E-state index contributed by atoms with van der Waals surface area (Å²) in [5.41, 5.74) is 1.19. The molecular formula is C23H34O5. The minimum absolute atomic E-state index is 0.199. The minimum Gasteiger partial charge on any atom is -0.488 e. The molecule has 1 aromatic carbocycles. The van der Waals surface area contributed by atoms with Crippen LogP contribution in [0.15, 0.2) is 36.4 Å². The van der Waals surface area contributed by atoms with Crippen molar-refractivity contribution in [1.29, 1.82) is 0 Å². The molecule has 0 amide bonds. The number of hydrogen-bond donors (Lipinski definition) is 1. The number of carbonyl (C=O) groups excluding carboxylic acids is 2. The molecule has 0 aliphatic carbocycles. The SMILES string of the molecule is C=C(C=O)CC(O)C(CCCCCCCC)Oc1ccc(CC(=O)OC)cc1. The third-order valence-corrected chi connectivity index (χ3v) is 4.70. The molecule has 0 aromatic heterocycles. The van der Waals surface area contributed by atoms with Gasteiger partial charge in [-0.2, -0.15) is 0 Å². The molecule has 0 saturated carbocycles. The Labute approximate surface area is 168 Å². The zero-order valence-electron chi connectivity index (χ0n) is 17.2. The van der Waals surface area contributed by atoms with Crippen LogP contribution in [-0.2, 0) is 20.7 Å². The standard InChI is InChI=1S/C23H34O5/c1-4-5-6-7-8-9-10-22(21(25)15-18(2)17-24)28-20-13-11-19(12-14-20)16-23(26)27-3/h11-14,17,21-22,25H,2,4-10,15-16H2,1,3H3. The molecule has 0 aliphatic heterocycles. The Morgan fingerprint density at radius 3 is 2.39 bits per heavy atom. The molecule has 1 rings (SSSR count). The average Bonchev–Trinajstić information content (AvgIpc) is 2.70. The van der Waals surface area contributed by atoms with Gasteiger partial charge in [-0.25, -0.2) is 0 Å². The van der Waals surface area contributed by atoms with Crippen LogP contribution in [0.5, 0.6) is 5.75 Å². The zero-order chi connectivity index (χ0) is 20.8. The molecule has 0 radical (unpaired) electrons.